The van der Waals surface area contributed by atoms with E-state index in [1.807, 2.05) is 0 Å². The van der Waals surface area contributed by atoms with Crippen LogP contribution < -0.4 is 0 Å². The molecule has 0 aromatic carbocycles. The minimum atomic E-state index is -0.600. The predicted molar refractivity (Wildman–Crippen MR) is 62.4 cm³/mol. The maximum atomic E-state index is 11.9. The summed E-state index contributed by atoms with van der Waals surface area (Å²) in [6.07, 6.45) is 9.76. The van der Waals surface area contributed by atoms with Crippen molar-refractivity contribution in [3.63, 3.8) is 0 Å². The van der Waals surface area contributed by atoms with Crippen LogP contribution in [0.25, 0.3) is 0 Å². The van der Waals surface area contributed by atoms with E-state index in [1.165, 1.54) is 43.3 Å². The summed E-state index contributed by atoms with van der Waals surface area (Å²) in [7, 11) is -0.600. The number of rotatable bonds is 3. The van der Waals surface area contributed by atoms with E-state index in [9.17, 15) is 4.79 Å². The average Bonchev–Trinajstić information content (AvgIpc) is 2.72. The Morgan fingerprint density at radius 1 is 1.21 bits per heavy atom. The fourth-order valence-electron chi connectivity index (χ4n) is 2.70. The molecule has 0 spiro atoms. The number of hydrogen-bond acceptors (Lipinski definition) is 1. The molecule has 2 aliphatic rings. The lowest BCUT2D eigenvalue weighted by molar-refractivity contribution is -0.113. The molecule has 0 atom stereocenters. The Morgan fingerprint density at radius 2 is 2.00 bits per heavy atom. The Balaban J connectivity index is 1.84. The Kier molecular flexibility index (Phi) is 3.57. The largest absolute Gasteiger partial charge is 0.295 e. The van der Waals surface area contributed by atoms with Gasteiger partial charge in [0.25, 0.3) is 0 Å². The maximum absolute atomic E-state index is 11.9. The monoisotopic (exact) mass is 208 g/mol. The van der Waals surface area contributed by atoms with Crippen molar-refractivity contribution in [2.75, 3.05) is 0 Å². The first-order valence-electron chi connectivity index (χ1n) is 6.08. The molecule has 14 heavy (non-hydrogen) atoms. The van der Waals surface area contributed by atoms with Gasteiger partial charge in [-0.1, -0.05) is 31.0 Å². The van der Waals surface area contributed by atoms with Gasteiger partial charge in [-0.25, -0.2) is 0 Å². The molecule has 1 aliphatic heterocycles. The van der Waals surface area contributed by atoms with Crippen molar-refractivity contribution in [1.82, 2.24) is 0 Å². The van der Waals surface area contributed by atoms with Crippen LogP contribution >= 0.6 is 0 Å². The minimum absolute atomic E-state index is 0.517. The molecule has 0 bridgehead atoms. The van der Waals surface area contributed by atoms with Gasteiger partial charge in [0, 0.05) is 14.8 Å². The SMILES string of the molecule is O=C(C[SiH]1CCCC1)C1=CCCCC1. The Bertz CT molecular complexity index is 239. The Hall–Kier alpha value is -0.373. The molecule has 0 aromatic heterocycles. The van der Waals surface area contributed by atoms with E-state index in [0.29, 0.717) is 5.78 Å². The first kappa shape index (κ1) is 10.2. The molecule has 1 heterocycles. The number of carbonyl (C=O) groups is 1. The van der Waals surface area contributed by atoms with Crippen LogP contribution in [0.15, 0.2) is 11.6 Å². The highest BCUT2D eigenvalue weighted by molar-refractivity contribution is 6.63. The second-order valence-electron chi connectivity index (χ2n) is 4.75. The lowest BCUT2D eigenvalue weighted by Crippen LogP contribution is -2.15. The van der Waals surface area contributed by atoms with Crippen LogP contribution in [0.2, 0.25) is 18.1 Å². The van der Waals surface area contributed by atoms with Crippen LogP contribution in [-0.4, -0.2) is 14.6 Å². The van der Waals surface area contributed by atoms with Crippen molar-refractivity contribution < 1.29 is 4.79 Å². The van der Waals surface area contributed by atoms with Crippen molar-refractivity contribution in [2.45, 2.75) is 56.7 Å². The molecule has 1 fully saturated rings. The number of Topliss-reactive ketones (excluding diaryl/α,β-unsaturated/α-hetero) is 1. The summed E-state index contributed by atoms with van der Waals surface area (Å²) in [5.74, 6) is 0.517. The highest BCUT2D eigenvalue weighted by Crippen LogP contribution is 2.26. The first-order chi connectivity index (χ1) is 6.86. The standard InChI is InChI=1S/C12H20OSi/c13-12(10-14-8-4-5-9-14)11-6-2-1-3-7-11/h6,14H,1-5,7-10H2. The second-order valence-corrected chi connectivity index (χ2v) is 8.05. The minimum Gasteiger partial charge on any atom is -0.295 e. The maximum Gasteiger partial charge on any atom is 0.155 e. The number of carbonyl (C=O) groups excluding carboxylic acids is 1. The van der Waals surface area contributed by atoms with Crippen LogP contribution in [0, 0.1) is 0 Å². The smallest absolute Gasteiger partial charge is 0.155 e. The van der Waals surface area contributed by atoms with Gasteiger partial charge in [-0.05, 0) is 31.3 Å². The Morgan fingerprint density at radius 3 is 2.64 bits per heavy atom. The highest BCUT2D eigenvalue weighted by atomic mass is 28.3. The topological polar surface area (TPSA) is 17.1 Å². The molecule has 0 aromatic rings. The quantitative estimate of drug-likeness (QED) is 0.651. The van der Waals surface area contributed by atoms with E-state index in [-0.39, 0.29) is 0 Å². The molecule has 0 N–H and O–H groups in total. The number of ketones is 1. The molecule has 0 unspecified atom stereocenters. The van der Waals surface area contributed by atoms with Gasteiger partial charge in [0.2, 0.25) is 0 Å². The molecular weight excluding hydrogens is 188 g/mol. The van der Waals surface area contributed by atoms with E-state index in [2.05, 4.69) is 6.08 Å². The van der Waals surface area contributed by atoms with Crippen molar-refractivity contribution in [3.05, 3.63) is 11.6 Å². The number of hydrogen-bond donors (Lipinski definition) is 0. The van der Waals surface area contributed by atoms with Crippen LogP contribution in [0.3, 0.4) is 0 Å². The summed E-state index contributed by atoms with van der Waals surface area (Å²) in [5, 5.41) is 0. The molecule has 1 nitrogen and oxygen atoms in total. The summed E-state index contributed by atoms with van der Waals surface area (Å²) in [6, 6.07) is 3.84. The summed E-state index contributed by atoms with van der Waals surface area (Å²) in [5.41, 5.74) is 1.18. The van der Waals surface area contributed by atoms with Crippen molar-refractivity contribution >= 4 is 14.6 Å². The lowest BCUT2D eigenvalue weighted by atomic mass is 9.97. The highest BCUT2D eigenvalue weighted by Gasteiger charge is 2.22. The molecular formula is C12H20OSi. The fraction of sp³-hybridized carbons (Fsp3) is 0.750. The van der Waals surface area contributed by atoms with Crippen LogP contribution in [0.1, 0.15) is 38.5 Å². The van der Waals surface area contributed by atoms with Gasteiger partial charge >= 0.3 is 0 Å². The van der Waals surface area contributed by atoms with Crippen molar-refractivity contribution in [2.24, 2.45) is 0 Å². The van der Waals surface area contributed by atoms with E-state index in [0.717, 1.165) is 18.9 Å². The van der Waals surface area contributed by atoms with Gasteiger partial charge < -0.3 is 0 Å². The van der Waals surface area contributed by atoms with Gasteiger partial charge in [0.05, 0.1) is 0 Å². The van der Waals surface area contributed by atoms with Crippen molar-refractivity contribution in [3.8, 4) is 0 Å². The molecule has 2 heteroatoms. The summed E-state index contributed by atoms with van der Waals surface area (Å²) in [6.45, 7) is 0. The van der Waals surface area contributed by atoms with Crippen LogP contribution in [0.4, 0.5) is 0 Å². The third-order valence-electron chi connectivity index (χ3n) is 3.60. The fourth-order valence-corrected chi connectivity index (χ4v) is 5.91. The van der Waals surface area contributed by atoms with E-state index >= 15 is 0 Å². The van der Waals surface area contributed by atoms with E-state index in [4.69, 9.17) is 0 Å². The third kappa shape index (κ3) is 2.56. The van der Waals surface area contributed by atoms with Crippen LogP contribution in [-0.2, 0) is 4.79 Å². The first-order valence-corrected chi connectivity index (χ1v) is 8.53. The molecule has 2 rings (SSSR count). The van der Waals surface area contributed by atoms with Crippen LogP contribution in [0.5, 0.6) is 0 Å². The molecule has 0 radical (unpaired) electrons. The molecule has 1 aliphatic carbocycles. The van der Waals surface area contributed by atoms with Gasteiger partial charge in [-0.3, -0.25) is 4.79 Å². The molecule has 0 saturated carbocycles. The Labute approximate surface area is 88.2 Å². The average molecular weight is 208 g/mol. The normalized spacial score (nSPS) is 23.6. The summed E-state index contributed by atoms with van der Waals surface area (Å²) in [4.78, 5) is 11.9. The zero-order valence-electron chi connectivity index (χ0n) is 8.93. The summed E-state index contributed by atoms with van der Waals surface area (Å²) >= 11 is 0. The number of allylic oxidation sites excluding steroid dienone is 2. The second kappa shape index (κ2) is 4.92. The van der Waals surface area contributed by atoms with Gasteiger partial charge in [0.15, 0.2) is 5.78 Å². The third-order valence-corrected chi connectivity index (χ3v) is 7.00. The zero-order valence-corrected chi connectivity index (χ0v) is 10.1. The summed E-state index contributed by atoms with van der Waals surface area (Å²) < 4.78 is 0. The van der Waals surface area contributed by atoms with Crippen molar-refractivity contribution in [1.29, 1.82) is 0 Å². The van der Waals surface area contributed by atoms with E-state index in [1.54, 1.807) is 0 Å². The zero-order chi connectivity index (χ0) is 9.80. The van der Waals surface area contributed by atoms with E-state index < -0.39 is 8.80 Å². The molecule has 78 valence electrons. The molecule has 0 amide bonds. The van der Waals surface area contributed by atoms with Gasteiger partial charge in [-0.2, -0.15) is 0 Å². The lowest BCUT2D eigenvalue weighted by Gasteiger charge is -2.13. The predicted octanol–water partition coefficient (Wildman–Crippen LogP) is 3.08. The van der Waals surface area contributed by atoms with Gasteiger partial charge in [0.1, 0.15) is 0 Å². The van der Waals surface area contributed by atoms with Gasteiger partial charge in [-0.15, -0.1) is 0 Å². The molecule has 1 saturated heterocycles.